The standard InChI is InChI=1S/C8H18N2/c1-4-10(3)7(2)8-5-9-6-8/h7-9H,4-6H2,1-3H3. The van der Waals surface area contributed by atoms with Gasteiger partial charge in [0.25, 0.3) is 0 Å². The third-order valence-electron chi connectivity index (χ3n) is 2.69. The third-order valence-corrected chi connectivity index (χ3v) is 2.69. The highest BCUT2D eigenvalue weighted by Crippen LogP contribution is 2.12. The highest BCUT2D eigenvalue weighted by Gasteiger charge is 2.25. The smallest absolute Gasteiger partial charge is 0.0116 e. The van der Waals surface area contributed by atoms with Crippen molar-refractivity contribution in [3.63, 3.8) is 0 Å². The molecule has 1 N–H and O–H groups in total. The van der Waals surface area contributed by atoms with E-state index in [2.05, 4.69) is 31.1 Å². The van der Waals surface area contributed by atoms with Gasteiger partial charge in [-0.05, 0) is 26.4 Å². The Morgan fingerprint density at radius 3 is 2.50 bits per heavy atom. The Hall–Kier alpha value is -0.0800. The molecule has 0 aliphatic carbocycles. The Kier molecular flexibility index (Phi) is 2.69. The average Bonchev–Trinajstić information content (AvgIpc) is 1.82. The maximum atomic E-state index is 3.29. The van der Waals surface area contributed by atoms with Gasteiger partial charge in [-0.3, -0.25) is 0 Å². The van der Waals surface area contributed by atoms with E-state index in [1.165, 1.54) is 13.1 Å². The van der Waals surface area contributed by atoms with E-state index in [9.17, 15) is 0 Å². The zero-order valence-corrected chi connectivity index (χ0v) is 7.22. The van der Waals surface area contributed by atoms with Crippen LogP contribution in [0.3, 0.4) is 0 Å². The molecule has 0 radical (unpaired) electrons. The summed E-state index contributed by atoms with van der Waals surface area (Å²) in [5.41, 5.74) is 0. The van der Waals surface area contributed by atoms with Crippen LogP contribution in [-0.4, -0.2) is 37.6 Å². The van der Waals surface area contributed by atoms with Crippen molar-refractivity contribution in [2.24, 2.45) is 5.92 Å². The van der Waals surface area contributed by atoms with Crippen LogP contribution >= 0.6 is 0 Å². The molecule has 1 rings (SSSR count). The van der Waals surface area contributed by atoms with Gasteiger partial charge < -0.3 is 10.2 Å². The maximum Gasteiger partial charge on any atom is 0.0116 e. The molecule has 1 heterocycles. The van der Waals surface area contributed by atoms with Gasteiger partial charge in [-0.25, -0.2) is 0 Å². The summed E-state index contributed by atoms with van der Waals surface area (Å²) in [5, 5.41) is 3.29. The average molecular weight is 142 g/mol. The molecule has 2 heteroatoms. The summed E-state index contributed by atoms with van der Waals surface area (Å²) in [4.78, 5) is 2.41. The van der Waals surface area contributed by atoms with E-state index in [1.807, 2.05) is 0 Å². The first-order valence-corrected chi connectivity index (χ1v) is 4.16. The van der Waals surface area contributed by atoms with Gasteiger partial charge in [-0.2, -0.15) is 0 Å². The molecule has 0 bridgehead atoms. The molecule has 1 atom stereocenters. The second-order valence-corrected chi connectivity index (χ2v) is 3.23. The molecule has 1 aliphatic rings. The van der Waals surface area contributed by atoms with Gasteiger partial charge in [-0.1, -0.05) is 6.92 Å². The summed E-state index contributed by atoms with van der Waals surface area (Å²) in [7, 11) is 2.20. The minimum absolute atomic E-state index is 0.756. The van der Waals surface area contributed by atoms with Crippen molar-refractivity contribution < 1.29 is 0 Å². The molecular formula is C8H18N2. The molecule has 0 aromatic heterocycles. The van der Waals surface area contributed by atoms with Gasteiger partial charge in [0, 0.05) is 19.1 Å². The van der Waals surface area contributed by atoms with Gasteiger partial charge in [0.2, 0.25) is 0 Å². The topological polar surface area (TPSA) is 15.3 Å². The molecule has 2 nitrogen and oxygen atoms in total. The Balaban J connectivity index is 2.24. The van der Waals surface area contributed by atoms with Gasteiger partial charge in [0.1, 0.15) is 0 Å². The Morgan fingerprint density at radius 2 is 2.20 bits per heavy atom. The molecule has 1 aliphatic heterocycles. The summed E-state index contributed by atoms with van der Waals surface area (Å²) in [6, 6.07) is 0.756. The van der Waals surface area contributed by atoms with E-state index in [0.29, 0.717) is 0 Å². The van der Waals surface area contributed by atoms with Crippen LogP contribution in [0.25, 0.3) is 0 Å². The van der Waals surface area contributed by atoms with Crippen LogP contribution in [0.1, 0.15) is 13.8 Å². The number of hydrogen-bond donors (Lipinski definition) is 1. The third kappa shape index (κ3) is 1.50. The van der Waals surface area contributed by atoms with E-state index in [-0.39, 0.29) is 0 Å². The molecular weight excluding hydrogens is 124 g/mol. The van der Waals surface area contributed by atoms with Crippen molar-refractivity contribution in [1.29, 1.82) is 0 Å². The second-order valence-electron chi connectivity index (χ2n) is 3.23. The number of nitrogens with zero attached hydrogens (tertiary/aromatic N) is 1. The molecule has 0 amide bonds. The van der Waals surface area contributed by atoms with E-state index in [0.717, 1.165) is 18.5 Å². The molecule has 10 heavy (non-hydrogen) atoms. The monoisotopic (exact) mass is 142 g/mol. The first kappa shape index (κ1) is 8.02. The first-order chi connectivity index (χ1) is 4.75. The largest absolute Gasteiger partial charge is 0.316 e. The Bertz CT molecular complexity index is 94.7. The van der Waals surface area contributed by atoms with Gasteiger partial charge in [0.05, 0.1) is 0 Å². The lowest BCUT2D eigenvalue weighted by atomic mass is 9.94. The van der Waals surface area contributed by atoms with Crippen molar-refractivity contribution in [3.05, 3.63) is 0 Å². The van der Waals surface area contributed by atoms with Crippen LogP contribution in [0.5, 0.6) is 0 Å². The predicted octanol–water partition coefficient (Wildman–Crippen LogP) is 0.546. The van der Waals surface area contributed by atoms with Gasteiger partial charge in [0.15, 0.2) is 0 Å². The summed E-state index contributed by atoms with van der Waals surface area (Å²) in [6.45, 7) is 8.12. The highest BCUT2D eigenvalue weighted by atomic mass is 15.1. The minimum Gasteiger partial charge on any atom is -0.316 e. The summed E-state index contributed by atoms with van der Waals surface area (Å²) in [5.74, 6) is 0.893. The van der Waals surface area contributed by atoms with E-state index in [1.54, 1.807) is 0 Å². The van der Waals surface area contributed by atoms with Gasteiger partial charge in [-0.15, -0.1) is 0 Å². The van der Waals surface area contributed by atoms with Crippen LogP contribution in [0, 0.1) is 5.92 Å². The summed E-state index contributed by atoms with van der Waals surface area (Å²) < 4.78 is 0. The van der Waals surface area contributed by atoms with E-state index >= 15 is 0 Å². The molecule has 1 fully saturated rings. The molecule has 1 unspecified atom stereocenters. The lowest BCUT2D eigenvalue weighted by Crippen LogP contribution is -2.52. The zero-order chi connectivity index (χ0) is 7.56. The van der Waals surface area contributed by atoms with Crippen LogP contribution < -0.4 is 5.32 Å². The fourth-order valence-electron chi connectivity index (χ4n) is 1.30. The number of nitrogens with one attached hydrogen (secondary N) is 1. The molecule has 60 valence electrons. The molecule has 1 saturated heterocycles. The molecule has 0 aromatic carbocycles. The van der Waals surface area contributed by atoms with Crippen molar-refractivity contribution in [3.8, 4) is 0 Å². The van der Waals surface area contributed by atoms with E-state index in [4.69, 9.17) is 0 Å². The lowest BCUT2D eigenvalue weighted by molar-refractivity contribution is 0.154. The fourth-order valence-corrected chi connectivity index (χ4v) is 1.30. The molecule has 0 spiro atoms. The van der Waals surface area contributed by atoms with Crippen LogP contribution in [-0.2, 0) is 0 Å². The second kappa shape index (κ2) is 3.35. The van der Waals surface area contributed by atoms with Crippen LogP contribution in [0.15, 0.2) is 0 Å². The minimum atomic E-state index is 0.756. The van der Waals surface area contributed by atoms with Crippen molar-refractivity contribution in [2.45, 2.75) is 19.9 Å². The van der Waals surface area contributed by atoms with E-state index < -0.39 is 0 Å². The first-order valence-electron chi connectivity index (χ1n) is 4.16. The van der Waals surface area contributed by atoms with Crippen molar-refractivity contribution >= 4 is 0 Å². The molecule has 0 aromatic rings. The lowest BCUT2D eigenvalue weighted by Gasteiger charge is -2.37. The normalized spacial score (nSPS) is 22.8. The predicted molar refractivity (Wildman–Crippen MR) is 44.1 cm³/mol. The van der Waals surface area contributed by atoms with Crippen LogP contribution in [0.2, 0.25) is 0 Å². The highest BCUT2D eigenvalue weighted by molar-refractivity contribution is 4.83. The van der Waals surface area contributed by atoms with Crippen LogP contribution in [0.4, 0.5) is 0 Å². The maximum absolute atomic E-state index is 3.29. The SMILES string of the molecule is CCN(C)C(C)C1CNC1. The Labute approximate surface area is 63.6 Å². The quantitative estimate of drug-likeness (QED) is 0.619. The number of rotatable bonds is 3. The fraction of sp³-hybridized carbons (Fsp3) is 1.00. The number of hydrogen-bond acceptors (Lipinski definition) is 2. The summed E-state index contributed by atoms with van der Waals surface area (Å²) in [6.07, 6.45) is 0. The van der Waals surface area contributed by atoms with Gasteiger partial charge >= 0.3 is 0 Å². The van der Waals surface area contributed by atoms with Crippen molar-refractivity contribution in [2.75, 3.05) is 26.7 Å². The Morgan fingerprint density at radius 1 is 1.60 bits per heavy atom. The van der Waals surface area contributed by atoms with Crippen molar-refractivity contribution in [1.82, 2.24) is 10.2 Å². The summed E-state index contributed by atoms with van der Waals surface area (Å²) >= 11 is 0. The molecule has 0 saturated carbocycles. The zero-order valence-electron chi connectivity index (χ0n) is 7.22.